The highest BCUT2D eigenvalue weighted by Crippen LogP contribution is 2.04. The van der Waals surface area contributed by atoms with Crippen molar-refractivity contribution in [2.75, 3.05) is 0 Å². The normalized spacial score (nSPS) is 11.9. The molecule has 0 aliphatic carbocycles. The van der Waals surface area contributed by atoms with Gasteiger partial charge in [-0.15, -0.1) is 6.42 Å². The van der Waals surface area contributed by atoms with Crippen LogP contribution in [0.3, 0.4) is 0 Å². The lowest BCUT2D eigenvalue weighted by Gasteiger charge is -2.11. The lowest BCUT2D eigenvalue weighted by atomic mass is 10.2. The molecule has 1 atom stereocenters. The highest BCUT2D eigenvalue weighted by atomic mass is 16.2. The minimum absolute atomic E-state index is 0.120. The van der Waals surface area contributed by atoms with Crippen molar-refractivity contribution in [2.45, 2.75) is 39.8 Å². The number of carbonyl (C=O) groups is 1. The number of hydrogen-bond donors (Lipinski definition) is 1. The van der Waals surface area contributed by atoms with Crippen LogP contribution in [0.4, 0.5) is 0 Å². The van der Waals surface area contributed by atoms with Gasteiger partial charge in [0.1, 0.15) is 12.2 Å². The standard InChI is InChI=1S/C12H17N3O/c1-5-7-15-11(8-10(4)14-15)12(16)13-9(3)6-2/h1,8-9H,6-7H2,2-4H3,(H,13,16). The zero-order valence-electron chi connectivity index (χ0n) is 9.95. The van der Waals surface area contributed by atoms with Gasteiger partial charge in [-0.25, -0.2) is 4.68 Å². The van der Waals surface area contributed by atoms with Crippen molar-refractivity contribution >= 4 is 5.91 Å². The van der Waals surface area contributed by atoms with Crippen molar-refractivity contribution in [3.63, 3.8) is 0 Å². The van der Waals surface area contributed by atoms with Crippen LogP contribution in [0.5, 0.6) is 0 Å². The van der Waals surface area contributed by atoms with E-state index in [-0.39, 0.29) is 11.9 Å². The fourth-order valence-corrected chi connectivity index (χ4v) is 1.34. The summed E-state index contributed by atoms with van der Waals surface area (Å²) >= 11 is 0. The maximum atomic E-state index is 11.9. The molecule has 1 aromatic rings. The SMILES string of the molecule is C#CCn1nc(C)cc1C(=O)NC(C)CC. The molecule has 1 rings (SSSR count). The lowest BCUT2D eigenvalue weighted by Crippen LogP contribution is -2.33. The molecule has 1 heterocycles. The Morgan fingerprint density at radius 2 is 2.44 bits per heavy atom. The van der Waals surface area contributed by atoms with Crippen LogP contribution < -0.4 is 5.32 Å². The van der Waals surface area contributed by atoms with E-state index < -0.39 is 0 Å². The molecule has 4 nitrogen and oxygen atoms in total. The van der Waals surface area contributed by atoms with E-state index in [2.05, 4.69) is 16.3 Å². The van der Waals surface area contributed by atoms with Crippen LogP contribution in [-0.2, 0) is 6.54 Å². The highest BCUT2D eigenvalue weighted by Gasteiger charge is 2.14. The molecule has 1 amide bonds. The molecule has 0 radical (unpaired) electrons. The summed E-state index contributed by atoms with van der Waals surface area (Å²) in [5, 5.41) is 7.06. The van der Waals surface area contributed by atoms with Crippen LogP contribution in [0.15, 0.2) is 6.07 Å². The number of hydrogen-bond acceptors (Lipinski definition) is 2. The molecule has 0 aliphatic heterocycles. The third-order valence-corrected chi connectivity index (χ3v) is 2.37. The fraction of sp³-hybridized carbons (Fsp3) is 0.500. The Morgan fingerprint density at radius 1 is 1.75 bits per heavy atom. The van der Waals surface area contributed by atoms with Crippen LogP contribution in [-0.4, -0.2) is 21.7 Å². The Hall–Kier alpha value is -1.76. The Morgan fingerprint density at radius 3 is 3.00 bits per heavy atom. The molecule has 0 fully saturated rings. The van der Waals surface area contributed by atoms with Crippen LogP contribution in [0.1, 0.15) is 36.5 Å². The topological polar surface area (TPSA) is 46.9 Å². The van der Waals surface area contributed by atoms with E-state index in [1.54, 1.807) is 10.7 Å². The van der Waals surface area contributed by atoms with Gasteiger partial charge in [0.2, 0.25) is 0 Å². The van der Waals surface area contributed by atoms with Crippen LogP contribution in [0.2, 0.25) is 0 Å². The van der Waals surface area contributed by atoms with Crippen molar-refractivity contribution in [1.82, 2.24) is 15.1 Å². The first-order chi connectivity index (χ1) is 7.58. The summed E-state index contributed by atoms with van der Waals surface area (Å²) in [5.41, 5.74) is 1.32. The molecule has 1 unspecified atom stereocenters. The second kappa shape index (κ2) is 5.36. The highest BCUT2D eigenvalue weighted by molar-refractivity contribution is 5.92. The maximum Gasteiger partial charge on any atom is 0.269 e. The number of carbonyl (C=O) groups excluding carboxylic acids is 1. The predicted octanol–water partition coefficient (Wildman–Crippen LogP) is 1.35. The van der Waals surface area contributed by atoms with Gasteiger partial charge in [-0.05, 0) is 26.3 Å². The van der Waals surface area contributed by atoms with E-state index in [4.69, 9.17) is 6.42 Å². The molecule has 1 N–H and O–H groups in total. The Kier molecular flexibility index (Phi) is 4.12. The Bertz CT molecular complexity index is 414. The van der Waals surface area contributed by atoms with E-state index in [0.29, 0.717) is 12.2 Å². The fourth-order valence-electron chi connectivity index (χ4n) is 1.34. The van der Waals surface area contributed by atoms with Gasteiger partial charge in [-0.1, -0.05) is 12.8 Å². The summed E-state index contributed by atoms with van der Waals surface area (Å²) in [5.74, 6) is 2.36. The third kappa shape index (κ3) is 2.86. The largest absolute Gasteiger partial charge is 0.348 e. The molecule has 0 saturated heterocycles. The van der Waals surface area contributed by atoms with Crippen LogP contribution in [0, 0.1) is 19.3 Å². The van der Waals surface area contributed by atoms with Gasteiger partial charge in [0.05, 0.1) is 5.69 Å². The third-order valence-electron chi connectivity index (χ3n) is 2.37. The summed E-state index contributed by atoms with van der Waals surface area (Å²) in [6, 6.07) is 1.90. The number of nitrogens with zero attached hydrogens (tertiary/aromatic N) is 2. The number of amides is 1. The molecule has 0 bridgehead atoms. The van der Waals surface area contributed by atoms with Crippen molar-refractivity contribution in [3.05, 3.63) is 17.5 Å². The number of aryl methyl sites for hydroxylation is 1. The second-order valence-electron chi connectivity index (χ2n) is 3.82. The summed E-state index contributed by atoms with van der Waals surface area (Å²) in [7, 11) is 0. The van der Waals surface area contributed by atoms with E-state index in [0.717, 1.165) is 12.1 Å². The van der Waals surface area contributed by atoms with Gasteiger partial charge >= 0.3 is 0 Å². The van der Waals surface area contributed by atoms with Gasteiger partial charge in [-0.2, -0.15) is 5.10 Å². The van der Waals surface area contributed by atoms with Gasteiger partial charge in [0.25, 0.3) is 5.91 Å². The number of terminal acetylenes is 1. The molecule has 4 heteroatoms. The molecule has 0 aromatic carbocycles. The van der Waals surface area contributed by atoms with Crippen molar-refractivity contribution < 1.29 is 4.79 Å². The minimum Gasteiger partial charge on any atom is -0.348 e. The second-order valence-corrected chi connectivity index (χ2v) is 3.82. The summed E-state index contributed by atoms with van der Waals surface area (Å²) in [4.78, 5) is 11.9. The molecule has 1 aromatic heterocycles. The lowest BCUT2D eigenvalue weighted by molar-refractivity contribution is 0.0929. The average Bonchev–Trinajstić information content (AvgIpc) is 2.60. The predicted molar refractivity (Wildman–Crippen MR) is 63.0 cm³/mol. The zero-order valence-corrected chi connectivity index (χ0v) is 9.95. The van der Waals surface area contributed by atoms with Crippen molar-refractivity contribution in [1.29, 1.82) is 0 Å². The molecule has 86 valence electrons. The van der Waals surface area contributed by atoms with Gasteiger partial charge in [0.15, 0.2) is 0 Å². The van der Waals surface area contributed by atoms with Crippen LogP contribution in [0.25, 0.3) is 0 Å². The summed E-state index contributed by atoms with van der Waals surface area (Å²) in [6.45, 7) is 6.14. The van der Waals surface area contributed by atoms with Crippen LogP contribution >= 0.6 is 0 Å². The van der Waals surface area contributed by atoms with Crippen molar-refractivity contribution in [2.24, 2.45) is 0 Å². The zero-order chi connectivity index (χ0) is 12.1. The maximum absolute atomic E-state index is 11.9. The first kappa shape index (κ1) is 12.3. The Labute approximate surface area is 96.0 Å². The monoisotopic (exact) mass is 219 g/mol. The number of aromatic nitrogens is 2. The summed E-state index contributed by atoms with van der Waals surface area (Å²) < 4.78 is 1.55. The van der Waals surface area contributed by atoms with E-state index in [1.807, 2.05) is 20.8 Å². The summed E-state index contributed by atoms with van der Waals surface area (Å²) in [6.07, 6.45) is 6.12. The molecular weight excluding hydrogens is 202 g/mol. The molecule has 0 saturated carbocycles. The van der Waals surface area contributed by atoms with Gasteiger partial charge < -0.3 is 5.32 Å². The van der Waals surface area contributed by atoms with E-state index in [9.17, 15) is 4.79 Å². The van der Waals surface area contributed by atoms with Gasteiger partial charge in [-0.3, -0.25) is 4.79 Å². The Balaban J connectivity index is 2.86. The minimum atomic E-state index is -0.120. The molecule has 0 aliphatic rings. The first-order valence-corrected chi connectivity index (χ1v) is 5.37. The van der Waals surface area contributed by atoms with Gasteiger partial charge in [0, 0.05) is 6.04 Å². The number of nitrogens with one attached hydrogen (secondary N) is 1. The number of rotatable bonds is 4. The smallest absolute Gasteiger partial charge is 0.269 e. The average molecular weight is 219 g/mol. The molecule has 0 spiro atoms. The van der Waals surface area contributed by atoms with E-state index >= 15 is 0 Å². The molecular formula is C12H17N3O. The first-order valence-electron chi connectivity index (χ1n) is 5.37. The molecule has 16 heavy (non-hydrogen) atoms. The van der Waals surface area contributed by atoms with Crippen molar-refractivity contribution in [3.8, 4) is 12.3 Å². The quantitative estimate of drug-likeness (QED) is 0.777. The van der Waals surface area contributed by atoms with E-state index in [1.165, 1.54) is 0 Å².